The molecule has 0 spiro atoms. The molecule has 1 N–H and O–H groups in total. The van der Waals surface area contributed by atoms with Gasteiger partial charge in [-0.05, 0) is 67.1 Å². The standard InChI is InChI=1S/C19H24N2O/c1-3-15-11-17-12-16(7-8-18(17)20-19(15)22)14(2)13-21-9-5-4-6-10-21/h7-8,11-12H,2-6,9-10,13H2,1H3,(H,20,22). The summed E-state index contributed by atoms with van der Waals surface area (Å²) < 4.78 is 0. The Morgan fingerprint density at radius 3 is 2.73 bits per heavy atom. The van der Waals surface area contributed by atoms with Gasteiger partial charge in [-0.2, -0.15) is 0 Å². The van der Waals surface area contributed by atoms with Crippen molar-refractivity contribution in [2.24, 2.45) is 0 Å². The number of piperidine rings is 1. The zero-order chi connectivity index (χ0) is 15.5. The number of pyridine rings is 1. The molecule has 0 bridgehead atoms. The molecule has 1 aliphatic heterocycles. The van der Waals surface area contributed by atoms with E-state index in [1.165, 1.54) is 37.9 Å². The van der Waals surface area contributed by atoms with Crippen LogP contribution in [0.25, 0.3) is 16.5 Å². The lowest BCUT2D eigenvalue weighted by molar-refractivity contribution is 0.255. The highest BCUT2D eigenvalue weighted by Gasteiger charge is 2.12. The normalized spacial score (nSPS) is 16.0. The molecule has 2 aromatic rings. The topological polar surface area (TPSA) is 36.1 Å². The minimum atomic E-state index is 0.0230. The zero-order valence-corrected chi connectivity index (χ0v) is 13.3. The summed E-state index contributed by atoms with van der Waals surface area (Å²) in [4.78, 5) is 17.3. The van der Waals surface area contributed by atoms with E-state index in [4.69, 9.17) is 0 Å². The molecule has 1 saturated heterocycles. The van der Waals surface area contributed by atoms with Gasteiger partial charge in [0, 0.05) is 17.6 Å². The molecule has 1 fully saturated rings. The smallest absolute Gasteiger partial charge is 0.251 e. The van der Waals surface area contributed by atoms with Crippen molar-refractivity contribution in [1.29, 1.82) is 0 Å². The van der Waals surface area contributed by atoms with E-state index in [1.807, 2.05) is 19.1 Å². The minimum absolute atomic E-state index is 0.0230. The van der Waals surface area contributed by atoms with Crippen LogP contribution in [0, 0.1) is 0 Å². The van der Waals surface area contributed by atoms with Crippen LogP contribution in [-0.2, 0) is 6.42 Å². The fourth-order valence-electron chi connectivity index (χ4n) is 3.21. The van der Waals surface area contributed by atoms with Crippen LogP contribution in [0.1, 0.15) is 37.3 Å². The van der Waals surface area contributed by atoms with E-state index in [9.17, 15) is 4.79 Å². The van der Waals surface area contributed by atoms with Gasteiger partial charge in [-0.1, -0.05) is 26.0 Å². The number of nitrogens with zero attached hydrogens (tertiary/aromatic N) is 1. The highest BCUT2D eigenvalue weighted by atomic mass is 16.1. The number of hydrogen-bond donors (Lipinski definition) is 1. The lowest BCUT2D eigenvalue weighted by atomic mass is 10.0. The van der Waals surface area contributed by atoms with Crippen molar-refractivity contribution in [3.63, 3.8) is 0 Å². The molecular formula is C19H24N2O. The summed E-state index contributed by atoms with van der Waals surface area (Å²) in [6, 6.07) is 8.21. The van der Waals surface area contributed by atoms with Crippen LogP contribution in [-0.4, -0.2) is 29.5 Å². The van der Waals surface area contributed by atoms with Crippen molar-refractivity contribution in [3.05, 3.63) is 52.3 Å². The molecule has 1 aromatic heterocycles. The second-order valence-corrected chi connectivity index (χ2v) is 6.22. The molecule has 116 valence electrons. The zero-order valence-electron chi connectivity index (χ0n) is 13.3. The summed E-state index contributed by atoms with van der Waals surface area (Å²) in [7, 11) is 0. The van der Waals surface area contributed by atoms with E-state index in [-0.39, 0.29) is 5.56 Å². The number of benzene rings is 1. The largest absolute Gasteiger partial charge is 0.322 e. The lowest BCUT2D eigenvalue weighted by Crippen LogP contribution is -2.30. The van der Waals surface area contributed by atoms with Crippen LogP contribution in [0.15, 0.2) is 35.6 Å². The van der Waals surface area contributed by atoms with Crippen molar-refractivity contribution in [2.45, 2.75) is 32.6 Å². The van der Waals surface area contributed by atoms with Crippen molar-refractivity contribution in [3.8, 4) is 0 Å². The van der Waals surface area contributed by atoms with Gasteiger partial charge < -0.3 is 4.98 Å². The SMILES string of the molecule is C=C(CN1CCCCC1)c1ccc2[nH]c(=O)c(CC)cc2c1. The van der Waals surface area contributed by atoms with E-state index < -0.39 is 0 Å². The maximum atomic E-state index is 11.9. The van der Waals surface area contributed by atoms with E-state index in [1.54, 1.807) is 0 Å². The predicted molar refractivity (Wildman–Crippen MR) is 93.3 cm³/mol. The Kier molecular flexibility index (Phi) is 4.44. The molecule has 0 amide bonds. The summed E-state index contributed by atoms with van der Waals surface area (Å²) in [6.07, 6.45) is 4.70. The first-order valence-electron chi connectivity index (χ1n) is 8.24. The van der Waals surface area contributed by atoms with E-state index in [2.05, 4.69) is 28.6 Å². The molecule has 1 aliphatic rings. The van der Waals surface area contributed by atoms with Crippen LogP contribution in [0.4, 0.5) is 0 Å². The molecule has 2 heterocycles. The number of aromatic amines is 1. The quantitative estimate of drug-likeness (QED) is 0.936. The first-order chi connectivity index (χ1) is 10.7. The van der Waals surface area contributed by atoms with Gasteiger partial charge in [-0.25, -0.2) is 0 Å². The summed E-state index contributed by atoms with van der Waals surface area (Å²) in [5.41, 5.74) is 4.10. The van der Waals surface area contributed by atoms with Gasteiger partial charge in [0.05, 0.1) is 0 Å². The number of rotatable bonds is 4. The highest BCUT2D eigenvalue weighted by molar-refractivity contribution is 5.83. The fraction of sp³-hybridized carbons (Fsp3) is 0.421. The average molecular weight is 296 g/mol. The number of fused-ring (bicyclic) bond motifs is 1. The van der Waals surface area contributed by atoms with Gasteiger partial charge in [0.25, 0.3) is 5.56 Å². The molecule has 0 unspecified atom stereocenters. The molecule has 1 aromatic carbocycles. The Morgan fingerprint density at radius 1 is 1.23 bits per heavy atom. The Hall–Kier alpha value is -1.87. The van der Waals surface area contributed by atoms with E-state index in [0.29, 0.717) is 0 Å². The van der Waals surface area contributed by atoms with Gasteiger partial charge >= 0.3 is 0 Å². The summed E-state index contributed by atoms with van der Waals surface area (Å²) >= 11 is 0. The Morgan fingerprint density at radius 2 is 2.00 bits per heavy atom. The van der Waals surface area contributed by atoms with Crippen LogP contribution in [0.3, 0.4) is 0 Å². The van der Waals surface area contributed by atoms with Crippen LogP contribution in [0.2, 0.25) is 0 Å². The lowest BCUT2D eigenvalue weighted by Gasteiger charge is -2.27. The van der Waals surface area contributed by atoms with Crippen molar-refractivity contribution < 1.29 is 0 Å². The van der Waals surface area contributed by atoms with E-state index >= 15 is 0 Å². The monoisotopic (exact) mass is 296 g/mol. The number of H-pyrrole nitrogens is 1. The first-order valence-corrected chi connectivity index (χ1v) is 8.24. The Bertz CT molecular complexity index is 739. The highest BCUT2D eigenvalue weighted by Crippen LogP contribution is 2.21. The van der Waals surface area contributed by atoms with Crippen molar-refractivity contribution >= 4 is 16.5 Å². The van der Waals surface area contributed by atoms with Crippen molar-refractivity contribution in [2.75, 3.05) is 19.6 Å². The second kappa shape index (κ2) is 6.49. The number of aryl methyl sites for hydroxylation is 1. The Balaban J connectivity index is 1.85. The van der Waals surface area contributed by atoms with Gasteiger partial charge in [0.1, 0.15) is 0 Å². The predicted octanol–water partition coefficient (Wildman–Crippen LogP) is 3.59. The number of likely N-dealkylation sites (tertiary alicyclic amines) is 1. The van der Waals surface area contributed by atoms with E-state index in [0.717, 1.165) is 35.0 Å². The summed E-state index contributed by atoms with van der Waals surface area (Å²) in [5, 5.41) is 1.09. The molecule has 0 aliphatic carbocycles. The maximum absolute atomic E-state index is 11.9. The fourth-order valence-corrected chi connectivity index (χ4v) is 3.21. The second-order valence-electron chi connectivity index (χ2n) is 6.22. The van der Waals surface area contributed by atoms with Gasteiger partial charge in [-0.15, -0.1) is 0 Å². The van der Waals surface area contributed by atoms with Gasteiger partial charge in [0.15, 0.2) is 0 Å². The average Bonchev–Trinajstić information content (AvgIpc) is 2.54. The number of nitrogens with one attached hydrogen (secondary N) is 1. The van der Waals surface area contributed by atoms with Crippen LogP contribution in [0.5, 0.6) is 0 Å². The molecule has 0 radical (unpaired) electrons. The number of hydrogen-bond acceptors (Lipinski definition) is 2. The third-order valence-electron chi connectivity index (χ3n) is 4.57. The molecule has 3 rings (SSSR count). The molecule has 22 heavy (non-hydrogen) atoms. The first kappa shape index (κ1) is 15.0. The molecule has 0 saturated carbocycles. The van der Waals surface area contributed by atoms with Gasteiger partial charge in [0.2, 0.25) is 0 Å². The third kappa shape index (κ3) is 3.14. The van der Waals surface area contributed by atoms with Crippen molar-refractivity contribution in [1.82, 2.24) is 9.88 Å². The maximum Gasteiger partial charge on any atom is 0.251 e. The minimum Gasteiger partial charge on any atom is -0.322 e. The van der Waals surface area contributed by atoms with Crippen LogP contribution < -0.4 is 5.56 Å². The molecule has 0 atom stereocenters. The number of aromatic nitrogens is 1. The molecular weight excluding hydrogens is 272 g/mol. The summed E-state index contributed by atoms with van der Waals surface area (Å²) in [5.74, 6) is 0. The molecule has 3 heteroatoms. The summed E-state index contributed by atoms with van der Waals surface area (Å²) in [6.45, 7) is 9.58. The van der Waals surface area contributed by atoms with Gasteiger partial charge in [-0.3, -0.25) is 9.69 Å². The third-order valence-corrected chi connectivity index (χ3v) is 4.57. The van der Waals surface area contributed by atoms with Crippen LogP contribution >= 0.6 is 0 Å². The Labute approximate surface area is 131 Å². The molecule has 3 nitrogen and oxygen atoms in total.